The van der Waals surface area contributed by atoms with Crippen LogP contribution in [0.5, 0.6) is 0 Å². The van der Waals surface area contributed by atoms with Crippen LogP contribution in [-0.4, -0.2) is 6.54 Å². The SMILES string of the molecule is Fc1cccc(CNCC(Cl)c2ccccc2)c1F. The molecular weight excluding hydrogens is 268 g/mol. The number of benzene rings is 2. The predicted octanol–water partition coefficient (Wildman–Crippen LogP) is 4.03. The van der Waals surface area contributed by atoms with Crippen molar-refractivity contribution >= 4 is 11.6 Å². The zero-order valence-electron chi connectivity index (χ0n) is 10.2. The average molecular weight is 282 g/mol. The number of halogens is 3. The van der Waals surface area contributed by atoms with Gasteiger partial charge in [0.15, 0.2) is 11.6 Å². The summed E-state index contributed by atoms with van der Waals surface area (Å²) in [6.07, 6.45) is 0. The van der Waals surface area contributed by atoms with Gasteiger partial charge in [0.05, 0.1) is 5.38 Å². The molecule has 2 rings (SSSR count). The molecule has 0 spiro atoms. The van der Waals surface area contributed by atoms with Crippen molar-refractivity contribution in [3.05, 3.63) is 71.3 Å². The van der Waals surface area contributed by atoms with Crippen molar-refractivity contribution in [2.45, 2.75) is 11.9 Å². The Morgan fingerprint density at radius 3 is 2.47 bits per heavy atom. The van der Waals surface area contributed by atoms with Gasteiger partial charge in [-0.3, -0.25) is 0 Å². The molecule has 2 aromatic carbocycles. The third-order valence-corrected chi connectivity index (χ3v) is 3.24. The summed E-state index contributed by atoms with van der Waals surface area (Å²) in [4.78, 5) is 0. The van der Waals surface area contributed by atoms with Crippen molar-refractivity contribution in [1.29, 1.82) is 0 Å². The second-order valence-electron chi connectivity index (χ2n) is 4.22. The number of alkyl halides is 1. The van der Waals surface area contributed by atoms with Crippen LogP contribution < -0.4 is 5.32 Å². The van der Waals surface area contributed by atoms with E-state index in [-0.39, 0.29) is 11.9 Å². The molecule has 0 saturated heterocycles. The summed E-state index contributed by atoms with van der Waals surface area (Å²) in [6, 6.07) is 13.8. The number of nitrogens with one attached hydrogen (secondary N) is 1. The van der Waals surface area contributed by atoms with Gasteiger partial charge in [0.25, 0.3) is 0 Å². The number of rotatable bonds is 5. The van der Waals surface area contributed by atoms with Gasteiger partial charge in [-0.2, -0.15) is 0 Å². The van der Waals surface area contributed by atoms with Gasteiger partial charge in [-0.1, -0.05) is 42.5 Å². The molecular formula is C15H14ClF2N. The van der Waals surface area contributed by atoms with Gasteiger partial charge < -0.3 is 5.32 Å². The van der Waals surface area contributed by atoms with Gasteiger partial charge in [0.1, 0.15) is 0 Å². The maximum Gasteiger partial charge on any atom is 0.163 e. The fourth-order valence-corrected chi connectivity index (χ4v) is 2.05. The Labute approximate surface area is 116 Å². The van der Waals surface area contributed by atoms with Crippen molar-refractivity contribution in [2.75, 3.05) is 6.54 Å². The average Bonchev–Trinajstić information content (AvgIpc) is 2.44. The summed E-state index contributed by atoms with van der Waals surface area (Å²) in [6.45, 7) is 0.737. The molecule has 19 heavy (non-hydrogen) atoms. The van der Waals surface area contributed by atoms with Crippen LogP contribution in [0.3, 0.4) is 0 Å². The molecule has 100 valence electrons. The minimum Gasteiger partial charge on any atom is -0.311 e. The largest absolute Gasteiger partial charge is 0.311 e. The van der Waals surface area contributed by atoms with Crippen LogP contribution in [0.1, 0.15) is 16.5 Å². The van der Waals surface area contributed by atoms with Gasteiger partial charge in [0, 0.05) is 18.7 Å². The van der Waals surface area contributed by atoms with E-state index >= 15 is 0 Å². The minimum atomic E-state index is -0.829. The van der Waals surface area contributed by atoms with Crippen LogP contribution in [0.4, 0.5) is 8.78 Å². The van der Waals surface area contributed by atoms with E-state index in [9.17, 15) is 8.78 Å². The Balaban J connectivity index is 1.88. The van der Waals surface area contributed by atoms with Crippen molar-refractivity contribution in [1.82, 2.24) is 5.32 Å². The molecule has 0 saturated carbocycles. The van der Waals surface area contributed by atoms with Gasteiger partial charge in [-0.25, -0.2) is 8.78 Å². The van der Waals surface area contributed by atoms with Gasteiger partial charge in [-0.15, -0.1) is 11.6 Å². The highest BCUT2D eigenvalue weighted by molar-refractivity contribution is 6.21. The first-order valence-electron chi connectivity index (χ1n) is 6.01. The standard InChI is InChI=1S/C15H14ClF2N/c16-13(11-5-2-1-3-6-11)10-19-9-12-7-4-8-14(17)15(12)18/h1-8,13,19H,9-10H2. The lowest BCUT2D eigenvalue weighted by molar-refractivity contribution is 0.492. The van der Waals surface area contributed by atoms with Crippen LogP contribution in [0.25, 0.3) is 0 Å². The molecule has 1 atom stereocenters. The van der Waals surface area contributed by atoms with Crippen LogP contribution in [0.15, 0.2) is 48.5 Å². The Morgan fingerprint density at radius 2 is 1.74 bits per heavy atom. The molecule has 0 radical (unpaired) electrons. The van der Waals surface area contributed by atoms with Crippen molar-refractivity contribution in [2.24, 2.45) is 0 Å². The normalized spacial score (nSPS) is 12.4. The summed E-state index contributed by atoms with van der Waals surface area (Å²) in [7, 11) is 0. The smallest absolute Gasteiger partial charge is 0.163 e. The molecule has 1 N–H and O–H groups in total. The number of hydrogen-bond donors (Lipinski definition) is 1. The molecule has 0 aromatic heterocycles. The van der Waals surface area contributed by atoms with Crippen LogP contribution in [-0.2, 0) is 6.54 Å². The maximum absolute atomic E-state index is 13.4. The number of hydrogen-bond acceptors (Lipinski definition) is 1. The quantitative estimate of drug-likeness (QED) is 0.816. The summed E-state index contributed by atoms with van der Waals surface area (Å²) < 4.78 is 26.4. The zero-order chi connectivity index (χ0) is 13.7. The second-order valence-corrected chi connectivity index (χ2v) is 4.75. The Kier molecular flexibility index (Phi) is 4.88. The monoisotopic (exact) mass is 281 g/mol. The van der Waals surface area contributed by atoms with Gasteiger partial charge >= 0.3 is 0 Å². The third kappa shape index (κ3) is 3.75. The van der Waals surface area contributed by atoms with Gasteiger partial charge in [0.2, 0.25) is 0 Å². The molecule has 1 nitrogen and oxygen atoms in total. The summed E-state index contributed by atoms with van der Waals surface area (Å²) >= 11 is 6.21. The fourth-order valence-electron chi connectivity index (χ4n) is 1.80. The highest BCUT2D eigenvalue weighted by Crippen LogP contribution is 2.19. The van der Waals surface area contributed by atoms with E-state index < -0.39 is 11.6 Å². The van der Waals surface area contributed by atoms with Crippen LogP contribution in [0.2, 0.25) is 0 Å². The van der Waals surface area contributed by atoms with E-state index in [0.29, 0.717) is 12.1 Å². The second kappa shape index (κ2) is 6.64. The molecule has 4 heteroatoms. The van der Waals surface area contributed by atoms with Crippen molar-refractivity contribution in [3.8, 4) is 0 Å². The lowest BCUT2D eigenvalue weighted by atomic mass is 10.1. The lowest BCUT2D eigenvalue weighted by Crippen LogP contribution is -2.19. The molecule has 0 aliphatic carbocycles. The summed E-state index contributed by atoms with van der Waals surface area (Å²) in [5, 5.41) is 2.83. The first-order valence-corrected chi connectivity index (χ1v) is 6.44. The fraction of sp³-hybridized carbons (Fsp3) is 0.200. The van der Waals surface area contributed by atoms with E-state index in [1.165, 1.54) is 6.07 Å². The maximum atomic E-state index is 13.4. The molecule has 0 amide bonds. The molecule has 0 bridgehead atoms. The molecule has 0 aliphatic heterocycles. The van der Waals surface area contributed by atoms with Crippen molar-refractivity contribution in [3.63, 3.8) is 0 Å². The molecule has 2 aromatic rings. The topological polar surface area (TPSA) is 12.0 Å². The highest BCUT2D eigenvalue weighted by atomic mass is 35.5. The third-order valence-electron chi connectivity index (χ3n) is 2.83. The molecule has 0 heterocycles. The molecule has 1 unspecified atom stereocenters. The summed E-state index contributed by atoms with van der Waals surface area (Å²) in [5.41, 5.74) is 1.30. The Hall–Kier alpha value is -1.45. The van der Waals surface area contributed by atoms with Crippen molar-refractivity contribution < 1.29 is 8.78 Å². The predicted molar refractivity (Wildman–Crippen MR) is 73.1 cm³/mol. The first kappa shape index (κ1) is 14.0. The van der Waals surface area contributed by atoms with E-state index in [0.717, 1.165) is 11.6 Å². The molecule has 0 fully saturated rings. The lowest BCUT2D eigenvalue weighted by Gasteiger charge is -2.11. The van der Waals surface area contributed by atoms with Crippen LogP contribution in [0, 0.1) is 11.6 Å². The van der Waals surface area contributed by atoms with Gasteiger partial charge in [-0.05, 0) is 11.6 Å². The van der Waals surface area contributed by atoms with E-state index in [1.807, 2.05) is 30.3 Å². The highest BCUT2D eigenvalue weighted by Gasteiger charge is 2.09. The van der Waals surface area contributed by atoms with E-state index in [1.54, 1.807) is 6.07 Å². The molecule has 0 aliphatic rings. The Bertz CT molecular complexity index is 531. The van der Waals surface area contributed by atoms with E-state index in [2.05, 4.69) is 5.32 Å². The van der Waals surface area contributed by atoms with Crippen LogP contribution >= 0.6 is 11.6 Å². The minimum absolute atomic E-state index is 0.196. The van der Waals surface area contributed by atoms with E-state index in [4.69, 9.17) is 11.6 Å². The Morgan fingerprint density at radius 1 is 1.00 bits per heavy atom. The zero-order valence-corrected chi connectivity index (χ0v) is 11.0. The summed E-state index contributed by atoms with van der Waals surface area (Å²) in [5.74, 6) is -1.63. The first-order chi connectivity index (χ1) is 9.18.